The van der Waals surface area contributed by atoms with E-state index >= 15 is 0 Å². The van der Waals surface area contributed by atoms with Gasteiger partial charge in [-0.3, -0.25) is 14.4 Å². The van der Waals surface area contributed by atoms with Gasteiger partial charge in [0.25, 0.3) is 11.5 Å². The lowest BCUT2D eigenvalue weighted by Crippen LogP contribution is -2.32. The SMILES string of the molecule is O=CN1CCC(c2cc(=O)[nH]c3c(C(=O)NCc4ccccc4)cnn23)CC1. The molecule has 3 heterocycles. The van der Waals surface area contributed by atoms with Crippen molar-refractivity contribution in [3.63, 3.8) is 0 Å². The number of nitrogens with one attached hydrogen (secondary N) is 2. The van der Waals surface area contributed by atoms with E-state index in [9.17, 15) is 14.4 Å². The quantitative estimate of drug-likeness (QED) is 0.653. The topological polar surface area (TPSA) is 99.6 Å². The Kier molecular flexibility index (Phi) is 4.92. The van der Waals surface area contributed by atoms with Crippen LogP contribution < -0.4 is 10.9 Å². The highest BCUT2D eigenvalue weighted by Gasteiger charge is 2.24. The van der Waals surface area contributed by atoms with E-state index in [1.54, 1.807) is 9.42 Å². The van der Waals surface area contributed by atoms with Gasteiger partial charge in [-0.05, 0) is 18.4 Å². The third-order valence-electron chi connectivity index (χ3n) is 5.17. The number of amides is 2. The predicted molar refractivity (Wildman–Crippen MR) is 103 cm³/mol. The zero-order valence-electron chi connectivity index (χ0n) is 15.3. The number of carbonyl (C=O) groups is 2. The highest BCUT2D eigenvalue weighted by Crippen LogP contribution is 2.27. The number of fused-ring (bicyclic) bond motifs is 1. The summed E-state index contributed by atoms with van der Waals surface area (Å²) < 4.78 is 1.64. The van der Waals surface area contributed by atoms with Gasteiger partial charge in [-0.2, -0.15) is 5.10 Å². The molecule has 0 unspecified atom stereocenters. The molecule has 8 heteroatoms. The number of hydrogen-bond acceptors (Lipinski definition) is 4. The lowest BCUT2D eigenvalue weighted by Gasteiger charge is -2.29. The summed E-state index contributed by atoms with van der Waals surface area (Å²) in [7, 11) is 0. The van der Waals surface area contributed by atoms with Crippen molar-refractivity contribution in [1.29, 1.82) is 0 Å². The van der Waals surface area contributed by atoms with Crippen LogP contribution in [0.5, 0.6) is 0 Å². The van der Waals surface area contributed by atoms with Crippen LogP contribution in [0, 0.1) is 0 Å². The molecule has 8 nitrogen and oxygen atoms in total. The van der Waals surface area contributed by atoms with E-state index in [-0.39, 0.29) is 17.4 Å². The molecule has 1 aliphatic rings. The molecule has 0 radical (unpaired) electrons. The molecule has 28 heavy (non-hydrogen) atoms. The molecule has 0 spiro atoms. The number of H-pyrrole nitrogens is 1. The van der Waals surface area contributed by atoms with Crippen molar-refractivity contribution in [2.75, 3.05) is 13.1 Å². The van der Waals surface area contributed by atoms with Crippen LogP contribution in [0.2, 0.25) is 0 Å². The molecule has 1 aromatic carbocycles. The Hall–Kier alpha value is -3.42. The second-order valence-electron chi connectivity index (χ2n) is 6.96. The summed E-state index contributed by atoms with van der Waals surface area (Å²) in [5.74, 6) is -0.177. The second kappa shape index (κ2) is 7.67. The van der Waals surface area contributed by atoms with Crippen molar-refractivity contribution in [2.45, 2.75) is 25.3 Å². The van der Waals surface area contributed by atoms with Crippen LogP contribution >= 0.6 is 0 Å². The van der Waals surface area contributed by atoms with Crippen molar-refractivity contribution >= 4 is 18.0 Å². The zero-order chi connectivity index (χ0) is 19.5. The van der Waals surface area contributed by atoms with Gasteiger partial charge in [-0.1, -0.05) is 30.3 Å². The molecule has 0 saturated carbocycles. The Morgan fingerprint density at radius 3 is 2.71 bits per heavy atom. The van der Waals surface area contributed by atoms with Crippen molar-refractivity contribution in [1.82, 2.24) is 24.8 Å². The fourth-order valence-corrected chi connectivity index (χ4v) is 3.64. The van der Waals surface area contributed by atoms with E-state index < -0.39 is 0 Å². The van der Waals surface area contributed by atoms with E-state index in [2.05, 4.69) is 15.4 Å². The maximum absolute atomic E-state index is 12.6. The standard InChI is InChI=1S/C20H21N5O3/c26-13-24-8-6-15(7-9-24)17-10-18(27)23-19-16(12-22-25(17)19)20(28)21-11-14-4-2-1-3-5-14/h1-5,10,12-13,15H,6-9,11H2,(H,21,28)(H,23,27). The van der Waals surface area contributed by atoms with Gasteiger partial charge >= 0.3 is 0 Å². The maximum atomic E-state index is 12.6. The average molecular weight is 379 g/mol. The lowest BCUT2D eigenvalue weighted by molar-refractivity contribution is -0.119. The minimum Gasteiger partial charge on any atom is -0.348 e. The fraction of sp³-hybridized carbons (Fsp3) is 0.300. The largest absolute Gasteiger partial charge is 0.348 e. The summed E-state index contributed by atoms with van der Waals surface area (Å²) in [6, 6.07) is 11.1. The van der Waals surface area contributed by atoms with E-state index in [0.29, 0.717) is 30.8 Å². The van der Waals surface area contributed by atoms with Crippen molar-refractivity contribution in [3.05, 3.63) is 69.8 Å². The van der Waals surface area contributed by atoms with Crippen LogP contribution in [-0.2, 0) is 11.3 Å². The van der Waals surface area contributed by atoms with E-state index in [1.807, 2.05) is 30.3 Å². The fourth-order valence-electron chi connectivity index (χ4n) is 3.64. The number of aromatic nitrogens is 3. The minimum atomic E-state index is -0.289. The van der Waals surface area contributed by atoms with Gasteiger partial charge in [0.05, 0.1) is 11.9 Å². The number of aromatic amines is 1. The first kappa shape index (κ1) is 18.0. The van der Waals surface area contributed by atoms with Crippen LogP contribution in [0.25, 0.3) is 5.65 Å². The summed E-state index contributed by atoms with van der Waals surface area (Å²) >= 11 is 0. The number of nitrogens with zero attached hydrogens (tertiary/aromatic N) is 3. The molecule has 2 amide bonds. The number of carbonyl (C=O) groups excluding carboxylic acids is 2. The van der Waals surface area contributed by atoms with E-state index in [1.165, 1.54) is 12.3 Å². The minimum absolute atomic E-state index is 0.112. The normalized spacial score (nSPS) is 14.9. The monoisotopic (exact) mass is 379 g/mol. The Bertz CT molecular complexity index is 1050. The Labute approximate surface area is 161 Å². The molecule has 1 fully saturated rings. The van der Waals surface area contributed by atoms with Gasteiger partial charge in [-0.25, -0.2) is 4.52 Å². The van der Waals surface area contributed by atoms with Gasteiger partial charge in [-0.15, -0.1) is 0 Å². The predicted octanol–water partition coefficient (Wildman–Crippen LogP) is 1.29. The van der Waals surface area contributed by atoms with E-state index in [4.69, 9.17) is 0 Å². The summed E-state index contributed by atoms with van der Waals surface area (Å²) in [6.45, 7) is 1.69. The molecule has 0 aliphatic carbocycles. The molecule has 3 aromatic rings. The van der Waals surface area contributed by atoms with Crippen LogP contribution in [0.3, 0.4) is 0 Å². The molecule has 2 N–H and O–H groups in total. The molecule has 0 atom stereocenters. The molecule has 1 saturated heterocycles. The Balaban J connectivity index is 1.59. The number of piperidine rings is 1. The first-order valence-electron chi connectivity index (χ1n) is 9.28. The van der Waals surface area contributed by atoms with Crippen molar-refractivity contribution in [2.24, 2.45) is 0 Å². The third-order valence-corrected chi connectivity index (χ3v) is 5.17. The second-order valence-corrected chi connectivity index (χ2v) is 6.96. The van der Waals surface area contributed by atoms with Crippen molar-refractivity contribution < 1.29 is 9.59 Å². The lowest BCUT2D eigenvalue weighted by atomic mass is 9.93. The smallest absolute Gasteiger partial charge is 0.256 e. The summed E-state index contributed by atoms with van der Waals surface area (Å²) in [6.07, 6.45) is 3.85. The van der Waals surface area contributed by atoms with Crippen LogP contribution in [0.15, 0.2) is 47.4 Å². The highest BCUT2D eigenvalue weighted by molar-refractivity contribution is 5.99. The molecule has 4 rings (SSSR count). The molecule has 144 valence electrons. The highest BCUT2D eigenvalue weighted by atomic mass is 16.2. The summed E-state index contributed by atoms with van der Waals surface area (Å²) in [5, 5.41) is 7.22. The average Bonchev–Trinajstić information content (AvgIpc) is 3.16. The summed E-state index contributed by atoms with van der Waals surface area (Å²) in [5.41, 5.74) is 2.22. The molecular formula is C20H21N5O3. The summed E-state index contributed by atoms with van der Waals surface area (Å²) in [4.78, 5) is 40.3. The van der Waals surface area contributed by atoms with Crippen LogP contribution in [0.4, 0.5) is 0 Å². The number of likely N-dealkylation sites (tertiary alicyclic amines) is 1. The molecule has 0 bridgehead atoms. The van der Waals surface area contributed by atoms with Gasteiger partial charge in [0.15, 0.2) is 0 Å². The van der Waals surface area contributed by atoms with Gasteiger partial charge in [0.2, 0.25) is 6.41 Å². The molecule has 2 aromatic heterocycles. The van der Waals surface area contributed by atoms with Crippen LogP contribution in [0.1, 0.15) is 40.4 Å². The van der Waals surface area contributed by atoms with Gasteiger partial charge in [0, 0.05) is 31.6 Å². The Morgan fingerprint density at radius 2 is 2.00 bits per heavy atom. The first-order valence-corrected chi connectivity index (χ1v) is 9.28. The van der Waals surface area contributed by atoms with Crippen LogP contribution in [-0.4, -0.2) is 44.9 Å². The molecular weight excluding hydrogens is 358 g/mol. The van der Waals surface area contributed by atoms with Gasteiger partial charge in [0.1, 0.15) is 11.2 Å². The van der Waals surface area contributed by atoms with Crippen molar-refractivity contribution in [3.8, 4) is 0 Å². The maximum Gasteiger partial charge on any atom is 0.256 e. The molecule has 1 aliphatic heterocycles. The first-order chi connectivity index (χ1) is 13.7. The number of hydrogen-bond donors (Lipinski definition) is 2. The number of benzene rings is 1. The third kappa shape index (κ3) is 3.53. The zero-order valence-corrected chi connectivity index (χ0v) is 15.3. The van der Waals surface area contributed by atoms with E-state index in [0.717, 1.165) is 30.5 Å². The van der Waals surface area contributed by atoms with Gasteiger partial charge < -0.3 is 15.2 Å². The Morgan fingerprint density at radius 1 is 1.25 bits per heavy atom. The number of rotatable bonds is 5.